The van der Waals surface area contributed by atoms with Gasteiger partial charge in [0.05, 0.1) is 12.3 Å². The van der Waals surface area contributed by atoms with Gasteiger partial charge in [-0.2, -0.15) is 5.10 Å². The molecule has 0 aliphatic heterocycles. The largest absolute Gasteiger partial charge is 0.348 e. The van der Waals surface area contributed by atoms with E-state index in [-0.39, 0.29) is 17.7 Å². The predicted octanol–water partition coefficient (Wildman–Crippen LogP) is 1.25. The molecular formula is C15H19N3O3S. The van der Waals surface area contributed by atoms with Crippen LogP contribution in [-0.2, 0) is 22.1 Å². The first-order valence-corrected chi connectivity index (χ1v) is 8.94. The van der Waals surface area contributed by atoms with Gasteiger partial charge in [-0.05, 0) is 30.7 Å². The van der Waals surface area contributed by atoms with Gasteiger partial charge in [0.15, 0.2) is 9.84 Å². The van der Waals surface area contributed by atoms with Crippen LogP contribution >= 0.6 is 0 Å². The van der Waals surface area contributed by atoms with Gasteiger partial charge < -0.3 is 5.32 Å². The molecule has 0 radical (unpaired) electrons. The molecule has 0 bridgehead atoms. The number of nitrogens with zero attached hydrogens (tertiary/aromatic N) is 2. The van der Waals surface area contributed by atoms with Crippen molar-refractivity contribution in [3.05, 3.63) is 53.9 Å². The second-order valence-electron chi connectivity index (χ2n) is 5.37. The van der Waals surface area contributed by atoms with Crippen LogP contribution in [0.4, 0.5) is 0 Å². The summed E-state index contributed by atoms with van der Waals surface area (Å²) in [5.41, 5.74) is 1.06. The molecule has 0 saturated carbocycles. The number of carbonyl (C=O) groups is 1. The molecule has 0 unspecified atom stereocenters. The van der Waals surface area contributed by atoms with Crippen LogP contribution in [0.2, 0.25) is 0 Å². The molecule has 0 fully saturated rings. The monoisotopic (exact) mass is 321 g/mol. The lowest BCUT2D eigenvalue weighted by Crippen LogP contribution is -2.35. The summed E-state index contributed by atoms with van der Waals surface area (Å²) in [6, 6.07) is 8.39. The lowest BCUT2D eigenvalue weighted by atomic mass is 10.1. The van der Waals surface area contributed by atoms with Crippen molar-refractivity contribution in [2.75, 3.05) is 6.26 Å². The van der Waals surface area contributed by atoms with Gasteiger partial charge in [-0.3, -0.25) is 9.48 Å². The van der Waals surface area contributed by atoms with E-state index in [0.29, 0.717) is 17.7 Å². The molecule has 0 saturated heterocycles. The van der Waals surface area contributed by atoms with Gasteiger partial charge in [0, 0.05) is 30.3 Å². The van der Waals surface area contributed by atoms with Crippen LogP contribution in [0.25, 0.3) is 0 Å². The van der Waals surface area contributed by atoms with Crippen molar-refractivity contribution in [1.82, 2.24) is 15.1 Å². The van der Waals surface area contributed by atoms with Gasteiger partial charge in [-0.1, -0.05) is 12.1 Å². The Morgan fingerprint density at radius 2 is 2.14 bits per heavy atom. The van der Waals surface area contributed by atoms with Gasteiger partial charge in [-0.25, -0.2) is 8.42 Å². The minimum atomic E-state index is -3.12. The SMILES string of the molecule is C[C@@H](Cn1cccn1)NC(=O)c1cccc(CS(C)(=O)=O)c1. The maximum atomic E-state index is 12.2. The molecule has 1 amide bonds. The Morgan fingerprint density at radius 1 is 1.36 bits per heavy atom. The van der Waals surface area contributed by atoms with E-state index in [1.54, 1.807) is 35.1 Å². The number of rotatable bonds is 6. The van der Waals surface area contributed by atoms with Crippen molar-refractivity contribution >= 4 is 15.7 Å². The van der Waals surface area contributed by atoms with Gasteiger partial charge in [0.1, 0.15) is 0 Å². The zero-order valence-corrected chi connectivity index (χ0v) is 13.4. The van der Waals surface area contributed by atoms with Crippen LogP contribution in [0.3, 0.4) is 0 Å². The van der Waals surface area contributed by atoms with Crippen molar-refractivity contribution in [3.63, 3.8) is 0 Å². The number of nitrogens with one attached hydrogen (secondary N) is 1. The molecule has 22 heavy (non-hydrogen) atoms. The normalized spacial score (nSPS) is 12.8. The first-order valence-electron chi connectivity index (χ1n) is 6.88. The van der Waals surface area contributed by atoms with Gasteiger partial charge in [0.25, 0.3) is 5.91 Å². The fourth-order valence-corrected chi connectivity index (χ4v) is 2.93. The highest BCUT2D eigenvalue weighted by atomic mass is 32.2. The number of aromatic nitrogens is 2. The molecule has 2 rings (SSSR count). The molecule has 1 aromatic heterocycles. The Balaban J connectivity index is 2.01. The maximum Gasteiger partial charge on any atom is 0.251 e. The molecule has 0 aliphatic rings. The molecule has 6 nitrogen and oxygen atoms in total. The smallest absolute Gasteiger partial charge is 0.251 e. The van der Waals surface area contributed by atoms with Crippen LogP contribution in [0, 0.1) is 0 Å². The number of hydrogen-bond donors (Lipinski definition) is 1. The summed E-state index contributed by atoms with van der Waals surface area (Å²) in [4.78, 5) is 12.2. The standard InChI is InChI=1S/C15H19N3O3S/c1-12(10-18-8-4-7-16-18)17-15(19)14-6-3-5-13(9-14)11-22(2,20)21/h3-9,12H,10-11H2,1-2H3,(H,17,19)/t12-/m0/s1. The van der Waals surface area contributed by atoms with Crippen LogP contribution in [0.15, 0.2) is 42.7 Å². The van der Waals surface area contributed by atoms with E-state index in [2.05, 4.69) is 10.4 Å². The zero-order valence-electron chi connectivity index (χ0n) is 12.6. The van der Waals surface area contributed by atoms with Crippen molar-refractivity contribution in [2.45, 2.75) is 25.3 Å². The van der Waals surface area contributed by atoms with Gasteiger partial charge >= 0.3 is 0 Å². The van der Waals surface area contributed by atoms with Crippen molar-refractivity contribution < 1.29 is 13.2 Å². The molecular weight excluding hydrogens is 302 g/mol. The summed E-state index contributed by atoms with van der Waals surface area (Å²) in [6.45, 7) is 2.46. The third kappa shape index (κ3) is 5.00. The van der Waals surface area contributed by atoms with E-state index in [1.165, 1.54) is 6.26 Å². The highest BCUT2D eigenvalue weighted by molar-refractivity contribution is 7.89. The van der Waals surface area contributed by atoms with Gasteiger partial charge in [0.2, 0.25) is 0 Å². The van der Waals surface area contributed by atoms with Crippen LogP contribution in [0.1, 0.15) is 22.8 Å². The molecule has 0 spiro atoms. The summed E-state index contributed by atoms with van der Waals surface area (Å²) in [5.74, 6) is -0.299. The minimum Gasteiger partial charge on any atom is -0.348 e. The first-order chi connectivity index (χ1) is 10.3. The van der Waals surface area contributed by atoms with Crippen LogP contribution in [0.5, 0.6) is 0 Å². The lowest BCUT2D eigenvalue weighted by Gasteiger charge is -2.14. The van der Waals surface area contributed by atoms with Gasteiger partial charge in [-0.15, -0.1) is 0 Å². The van der Waals surface area contributed by atoms with E-state index in [9.17, 15) is 13.2 Å². The average molecular weight is 321 g/mol. The van der Waals surface area contributed by atoms with Crippen LogP contribution < -0.4 is 5.32 Å². The highest BCUT2D eigenvalue weighted by Crippen LogP contribution is 2.09. The Bertz CT molecular complexity index is 739. The summed E-state index contributed by atoms with van der Waals surface area (Å²) in [7, 11) is -3.12. The molecule has 118 valence electrons. The minimum absolute atomic E-state index is 0.0725. The highest BCUT2D eigenvalue weighted by Gasteiger charge is 2.12. The topological polar surface area (TPSA) is 81.1 Å². The average Bonchev–Trinajstić information content (AvgIpc) is 2.89. The van der Waals surface area contributed by atoms with E-state index in [0.717, 1.165) is 0 Å². The summed E-state index contributed by atoms with van der Waals surface area (Å²) in [6.07, 6.45) is 4.69. The third-order valence-corrected chi connectivity index (χ3v) is 3.87. The van der Waals surface area contributed by atoms with E-state index in [1.807, 2.05) is 19.2 Å². The van der Waals surface area contributed by atoms with E-state index < -0.39 is 9.84 Å². The Labute approximate surface area is 130 Å². The number of sulfone groups is 1. The molecule has 1 N–H and O–H groups in total. The molecule has 1 aromatic carbocycles. The second kappa shape index (κ2) is 6.74. The lowest BCUT2D eigenvalue weighted by molar-refractivity contribution is 0.0936. The number of benzene rings is 1. The molecule has 1 atom stereocenters. The number of carbonyl (C=O) groups excluding carboxylic acids is 1. The molecule has 2 aromatic rings. The quantitative estimate of drug-likeness (QED) is 0.868. The predicted molar refractivity (Wildman–Crippen MR) is 84.1 cm³/mol. The molecule has 7 heteroatoms. The van der Waals surface area contributed by atoms with Crippen molar-refractivity contribution in [3.8, 4) is 0 Å². The van der Waals surface area contributed by atoms with E-state index >= 15 is 0 Å². The number of amides is 1. The Hall–Kier alpha value is -2.15. The molecule has 0 aliphatic carbocycles. The van der Waals surface area contributed by atoms with E-state index in [4.69, 9.17) is 0 Å². The Morgan fingerprint density at radius 3 is 2.77 bits per heavy atom. The second-order valence-corrected chi connectivity index (χ2v) is 7.51. The fourth-order valence-electron chi connectivity index (χ4n) is 2.15. The van der Waals surface area contributed by atoms with Crippen LogP contribution in [-0.4, -0.2) is 36.4 Å². The maximum absolute atomic E-state index is 12.2. The first kappa shape index (κ1) is 16.2. The Kier molecular flexibility index (Phi) is 4.97. The number of hydrogen-bond acceptors (Lipinski definition) is 4. The van der Waals surface area contributed by atoms with Crippen molar-refractivity contribution in [1.29, 1.82) is 0 Å². The zero-order chi connectivity index (χ0) is 16.2. The summed E-state index contributed by atoms with van der Waals surface area (Å²) >= 11 is 0. The fraction of sp³-hybridized carbons (Fsp3) is 0.333. The third-order valence-electron chi connectivity index (χ3n) is 3.02. The van der Waals surface area contributed by atoms with Crippen molar-refractivity contribution in [2.24, 2.45) is 0 Å². The molecule has 1 heterocycles. The summed E-state index contributed by atoms with van der Waals surface area (Å²) in [5, 5.41) is 6.96. The summed E-state index contributed by atoms with van der Waals surface area (Å²) < 4.78 is 24.4.